The molecule has 0 heterocycles. The largest absolute Gasteiger partial charge is 0.290 e. The molecule has 3 heteroatoms. The normalized spacial score (nSPS) is 34.0. The van der Waals surface area contributed by atoms with Crippen LogP contribution in [0, 0.1) is 11.3 Å². The van der Waals surface area contributed by atoms with E-state index in [9.17, 15) is 4.79 Å². The molecule has 0 aliphatic heterocycles. The fourth-order valence-electron chi connectivity index (χ4n) is 2.83. The summed E-state index contributed by atoms with van der Waals surface area (Å²) in [6.45, 7) is 4.21. The summed E-state index contributed by atoms with van der Waals surface area (Å²) in [7, 11) is 0. The summed E-state index contributed by atoms with van der Waals surface area (Å²) in [6.07, 6.45) is 7.10. The quantitative estimate of drug-likeness (QED) is 0.652. The summed E-state index contributed by atoms with van der Waals surface area (Å²) in [4.78, 5) is 13.7. The maximum atomic E-state index is 11.8. The van der Waals surface area contributed by atoms with Gasteiger partial charge in [0, 0.05) is 9.90 Å². The topological polar surface area (TPSA) is 17.1 Å². The molecule has 0 radical (unpaired) electrons. The van der Waals surface area contributed by atoms with Crippen molar-refractivity contribution in [2.45, 2.75) is 33.1 Å². The average Bonchev–Trinajstić information content (AvgIpc) is 2.33. The molecule has 0 bridgehead atoms. The molecule has 2 aliphatic rings. The first kappa shape index (κ1) is 13.3. The maximum Gasteiger partial charge on any atom is 0.181 e. The SMILES string of the molecule is CC1=C2C[C@H](/C(Br)=C\Br)CC[C@@]2(C)C=CC1=O. The van der Waals surface area contributed by atoms with Crippen LogP contribution in [0.5, 0.6) is 0 Å². The molecule has 17 heavy (non-hydrogen) atoms. The van der Waals surface area contributed by atoms with Gasteiger partial charge in [-0.25, -0.2) is 0 Å². The highest BCUT2D eigenvalue weighted by Crippen LogP contribution is 2.49. The Bertz CT molecular complexity index is 445. The van der Waals surface area contributed by atoms with Crippen molar-refractivity contribution in [1.82, 2.24) is 0 Å². The van der Waals surface area contributed by atoms with Crippen molar-refractivity contribution >= 4 is 37.6 Å². The minimum atomic E-state index is 0.105. The van der Waals surface area contributed by atoms with Crippen molar-refractivity contribution in [3.05, 3.63) is 32.8 Å². The first-order valence-electron chi connectivity index (χ1n) is 5.87. The molecule has 0 aromatic heterocycles. The zero-order valence-corrected chi connectivity index (χ0v) is 13.3. The van der Waals surface area contributed by atoms with Gasteiger partial charge < -0.3 is 0 Å². The number of carbonyl (C=O) groups is 1. The van der Waals surface area contributed by atoms with E-state index in [2.05, 4.69) is 44.9 Å². The molecule has 0 spiro atoms. The van der Waals surface area contributed by atoms with E-state index >= 15 is 0 Å². The second kappa shape index (κ2) is 4.85. The number of rotatable bonds is 1. The third-order valence-electron chi connectivity index (χ3n) is 4.07. The Morgan fingerprint density at radius 2 is 2.29 bits per heavy atom. The van der Waals surface area contributed by atoms with Gasteiger partial charge in [0.15, 0.2) is 5.78 Å². The molecule has 0 amide bonds. The van der Waals surface area contributed by atoms with Crippen molar-refractivity contribution in [3.8, 4) is 0 Å². The van der Waals surface area contributed by atoms with Gasteiger partial charge in [-0.3, -0.25) is 4.79 Å². The van der Waals surface area contributed by atoms with Gasteiger partial charge in [-0.05, 0) is 48.7 Å². The summed E-state index contributed by atoms with van der Waals surface area (Å²) in [5.74, 6) is 0.684. The molecular weight excluding hydrogens is 344 g/mol. The lowest BCUT2D eigenvalue weighted by molar-refractivity contribution is -0.111. The Kier molecular flexibility index (Phi) is 3.79. The van der Waals surface area contributed by atoms with Crippen LogP contribution in [0.1, 0.15) is 33.1 Å². The molecule has 92 valence electrons. The fraction of sp³-hybridized carbons (Fsp3) is 0.500. The van der Waals surface area contributed by atoms with Crippen LogP contribution >= 0.6 is 31.9 Å². The monoisotopic (exact) mass is 358 g/mol. The number of allylic oxidation sites excluding steroid dienone is 5. The second-order valence-electron chi connectivity index (χ2n) is 5.15. The molecule has 2 atom stereocenters. The van der Waals surface area contributed by atoms with Crippen molar-refractivity contribution in [2.24, 2.45) is 11.3 Å². The van der Waals surface area contributed by atoms with Crippen LogP contribution in [0.25, 0.3) is 0 Å². The third-order valence-corrected chi connectivity index (χ3v) is 6.06. The van der Waals surface area contributed by atoms with Gasteiger partial charge in [0.05, 0.1) is 0 Å². The summed E-state index contributed by atoms with van der Waals surface area (Å²) in [6, 6.07) is 0. The molecule has 0 N–H and O–H groups in total. The first-order valence-corrected chi connectivity index (χ1v) is 7.58. The Morgan fingerprint density at radius 3 is 2.94 bits per heavy atom. The molecule has 0 aromatic rings. The molecule has 0 aromatic carbocycles. The summed E-state index contributed by atoms with van der Waals surface area (Å²) >= 11 is 6.97. The van der Waals surface area contributed by atoms with E-state index < -0.39 is 0 Å². The highest BCUT2D eigenvalue weighted by molar-refractivity contribution is 9.14. The van der Waals surface area contributed by atoms with Crippen LogP contribution in [0.2, 0.25) is 0 Å². The van der Waals surface area contributed by atoms with Gasteiger partial charge in [-0.15, -0.1) is 0 Å². The standard InChI is InChI=1S/C14H16Br2O/c1-9-11-7-10(12(16)8-15)3-5-14(11,2)6-4-13(9)17/h4,6,8,10H,3,5,7H2,1-2H3/b12-8+/t10-,14+/m1/s1. The molecule has 2 aliphatic carbocycles. The van der Waals surface area contributed by atoms with Gasteiger partial charge in [0.2, 0.25) is 0 Å². The molecule has 1 nitrogen and oxygen atoms in total. The Labute approximate surface area is 119 Å². The van der Waals surface area contributed by atoms with Crippen LogP contribution in [-0.4, -0.2) is 5.78 Å². The van der Waals surface area contributed by atoms with Crippen molar-refractivity contribution in [2.75, 3.05) is 0 Å². The highest BCUT2D eigenvalue weighted by atomic mass is 79.9. The maximum absolute atomic E-state index is 11.8. The predicted molar refractivity (Wildman–Crippen MR) is 78.2 cm³/mol. The lowest BCUT2D eigenvalue weighted by Gasteiger charge is -2.40. The van der Waals surface area contributed by atoms with Crippen LogP contribution in [0.3, 0.4) is 0 Å². The zero-order chi connectivity index (χ0) is 12.6. The van der Waals surface area contributed by atoms with Gasteiger partial charge in [-0.2, -0.15) is 0 Å². The summed E-state index contributed by atoms with van der Waals surface area (Å²) in [5, 5.41) is 0. The lowest BCUT2D eigenvalue weighted by Crippen LogP contribution is -2.30. The van der Waals surface area contributed by atoms with Crippen molar-refractivity contribution in [1.29, 1.82) is 0 Å². The molecule has 1 fully saturated rings. The molecular formula is C14H16Br2O. The lowest BCUT2D eigenvalue weighted by atomic mass is 9.64. The van der Waals surface area contributed by atoms with Gasteiger partial charge in [-0.1, -0.05) is 50.4 Å². The Balaban J connectivity index is 2.34. The predicted octanol–water partition coefficient (Wildman–Crippen LogP) is 4.88. The van der Waals surface area contributed by atoms with Gasteiger partial charge >= 0.3 is 0 Å². The summed E-state index contributed by atoms with van der Waals surface area (Å²) < 4.78 is 1.20. The number of fused-ring (bicyclic) bond motifs is 1. The van der Waals surface area contributed by atoms with Crippen molar-refractivity contribution < 1.29 is 4.79 Å². The van der Waals surface area contributed by atoms with E-state index in [0.717, 1.165) is 24.8 Å². The number of hydrogen-bond donors (Lipinski definition) is 0. The van der Waals surface area contributed by atoms with E-state index in [0.29, 0.717) is 5.92 Å². The van der Waals surface area contributed by atoms with E-state index in [1.165, 1.54) is 10.1 Å². The Hall–Kier alpha value is -0.150. The third kappa shape index (κ3) is 2.37. The van der Waals surface area contributed by atoms with Crippen LogP contribution < -0.4 is 0 Å². The number of hydrogen-bond acceptors (Lipinski definition) is 1. The smallest absolute Gasteiger partial charge is 0.181 e. The Morgan fingerprint density at radius 1 is 1.59 bits per heavy atom. The second-order valence-corrected chi connectivity index (χ2v) is 6.53. The first-order chi connectivity index (χ1) is 7.98. The molecule has 1 saturated carbocycles. The van der Waals surface area contributed by atoms with Gasteiger partial charge in [0.1, 0.15) is 0 Å². The van der Waals surface area contributed by atoms with Crippen LogP contribution in [0.4, 0.5) is 0 Å². The van der Waals surface area contributed by atoms with Crippen molar-refractivity contribution in [3.63, 3.8) is 0 Å². The van der Waals surface area contributed by atoms with Crippen LogP contribution in [-0.2, 0) is 4.79 Å². The van der Waals surface area contributed by atoms with Crippen LogP contribution in [0.15, 0.2) is 32.8 Å². The molecule has 0 saturated heterocycles. The number of ketones is 1. The zero-order valence-electron chi connectivity index (χ0n) is 10.1. The van der Waals surface area contributed by atoms with E-state index in [-0.39, 0.29) is 11.2 Å². The molecule has 0 unspecified atom stereocenters. The highest BCUT2D eigenvalue weighted by Gasteiger charge is 2.38. The number of carbonyl (C=O) groups excluding carboxylic acids is 1. The molecule has 2 rings (SSSR count). The van der Waals surface area contributed by atoms with E-state index in [1.54, 1.807) is 6.08 Å². The summed E-state index contributed by atoms with van der Waals surface area (Å²) in [5.41, 5.74) is 2.38. The minimum absolute atomic E-state index is 0.105. The van der Waals surface area contributed by atoms with E-state index in [4.69, 9.17) is 0 Å². The number of halogens is 2. The van der Waals surface area contributed by atoms with E-state index in [1.807, 2.05) is 11.9 Å². The fourth-order valence-corrected chi connectivity index (χ4v) is 3.59. The van der Waals surface area contributed by atoms with Gasteiger partial charge in [0.25, 0.3) is 0 Å². The average molecular weight is 360 g/mol. The minimum Gasteiger partial charge on any atom is -0.290 e.